The van der Waals surface area contributed by atoms with Gasteiger partial charge in [0.15, 0.2) is 0 Å². The van der Waals surface area contributed by atoms with Gasteiger partial charge in [-0.15, -0.1) is 0 Å². The van der Waals surface area contributed by atoms with E-state index in [9.17, 15) is 0 Å². The monoisotopic (exact) mass is 466 g/mol. The minimum atomic E-state index is -0.427. The second-order valence-electron chi connectivity index (χ2n) is 10.3. The number of primary amides is 1. The quantitative estimate of drug-likeness (QED) is 0.650. The molecule has 2 heterocycles. The molecule has 1 amide bonds. The van der Waals surface area contributed by atoms with Crippen LogP contribution in [0.25, 0.3) is 11.1 Å². The van der Waals surface area contributed by atoms with Crippen molar-refractivity contribution in [2.75, 3.05) is 26.8 Å². The van der Waals surface area contributed by atoms with Crippen LogP contribution in [-0.4, -0.2) is 49.9 Å². The molecule has 34 heavy (non-hydrogen) atoms. The maximum atomic E-state index is 8.58. The average Bonchev–Trinajstić information content (AvgIpc) is 2.80. The molecular formula is C28H38N2O4. The van der Waals surface area contributed by atoms with E-state index in [0.29, 0.717) is 13.2 Å². The number of rotatable bonds is 5. The van der Waals surface area contributed by atoms with E-state index in [1.165, 1.54) is 36.0 Å². The molecule has 1 saturated carbocycles. The Labute approximate surface area is 203 Å². The molecule has 0 bridgehead atoms. The summed E-state index contributed by atoms with van der Waals surface area (Å²) >= 11 is 0. The lowest BCUT2D eigenvalue weighted by Crippen LogP contribution is -2.54. The fourth-order valence-corrected chi connectivity index (χ4v) is 5.20. The van der Waals surface area contributed by atoms with Gasteiger partial charge in [0, 0.05) is 50.1 Å². The van der Waals surface area contributed by atoms with Gasteiger partial charge in [-0.25, -0.2) is 0 Å². The Balaban J connectivity index is 0.000000868. The molecule has 184 valence electrons. The summed E-state index contributed by atoms with van der Waals surface area (Å²) in [6.07, 6.45) is 6.30. The number of nitrogens with two attached hydrogens (primary N) is 1. The molecule has 3 aliphatic rings. The third-order valence-electron chi connectivity index (χ3n) is 7.50. The lowest BCUT2D eigenvalue weighted by atomic mass is 9.84. The summed E-state index contributed by atoms with van der Waals surface area (Å²) in [7, 11) is 1.76. The molecule has 6 nitrogen and oxygen atoms in total. The number of piperidine rings is 1. The molecule has 1 aliphatic carbocycles. The first kappa shape index (κ1) is 24.7. The Hall–Kier alpha value is -2.41. The predicted octanol–water partition coefficient (Wildman–Crippen LogP) is 4.63. The van der Waals surface area contributed by atoms with Crippen molar-refractivity contribution in [3.63, 3.8) is 0 Å². The number of fused-ring (bicyclic) bond motifs is 1. The number of carbonyl (C=O) groups excluding carboxylic acids is 1. The second kappa shape index (κ2) is 10.5. The standard InChI is InChI=1S/C27H35NO3.CH3NO/c1-26(2,19-29-3)23-10-7-20(8-11-23)21-9-12-25-22(17-21)18-30-27(31-25)13-15-28(16-14-27)24-5-4-6-24;2-1-3/h7-12,17,24H,4-6,13-16,18-19H2,1-3H3;1H,(H2,2,3). The van der Waals surface area contributed by atoms with Crippen LogP contribution in [0.2, 0.25) is 0 Å². The van der Waals surface area contributed by atoms with Crippen LogP contribution in [-0.2, 0) is 26.3 Å². The molecule has 2 aliphatic heterocycles. The summed E-state index contributed by atoms with van der Waals surface area (Å²) in [6.45, 7) is 7.94. The topological polar surface area (TPSA) is 74.0 Å². The lowest BCUT2D eigenvalue weighted by molar-refractivity contribution is -0.231. The Morgan fingerprint density at radius 2 is 1.76 bits per heavy atom. The fourth-order valence-electron chi connectivity index (χ4n) is 5.20. The van der Waals surface area contributed by atoms with Crippen LogP contribution in [0.3, 0.4) is 0 Å². The molecule has 2 fully saturated rings. The van der Waals surface area contributed by atoms with E-state index >= 15 is 0 Å². The van der Waals surface area contributed by atoms with Crippen molar-refractivity contribution in [2.24, 2.45) is 5.73 Å². The van der Waals surface area contributed by atoms with E-state index in [1.54, 1.807) is 7.11 Å². The maximum Gasteiger partial charge on any atom is 0.213 e. The Kier molecular flexibility index (Phi) is 7.60. The van der Waals surface area contributed by atoms with Crippen LogP contribution in [0.1, 0.15) is 57.1 Å². The second-order valence-corrected chi connectivity index (χ2v) is 10.3. The predicted molar refractivity (Wildman–Crippen MR) is 134 cm³/mol. The normalized spacial score (nSPS) is 19.9. The van der Waals surface area contributed by atoms with Gasteiger partial charge >= 0.3 is 0 Å². The molecule has 1 spiro atoms. The van der Waals surface area contributed by atoms with Crippen LogP contribution < -0.4 is 10.5 Å². The highest BCUT2D eigenvalue weighted by Crippen LogP contribution is 2.40. The molecule has 2 aromatic carbocycles. The average molecular weight is 467 g/mol. The van der Waals surface area contributed by atoms with Gasteiger partial charge in [0.25, 0.3) is 0 Å². The van der Waals surface area contributed by atoms with Gasteiger partial charge in [-0.2, -0.15) is 0 Å². The number of nitrogens with zero attached hydrogens (tertiary/aromatic N) is 1. The molecule has 5 rings (SSSR count). The summed E-state index contributed by atoms with van der Waals surface area (Å²) in [5.41, 5.74) is 9.03. The number of benzene rings is 2. The molecule has 1 saturated heterocycles. The molecular weight excluding hydrogens is 428 g/mol. The zero-order valence-corrected chi connectivity index (χ0v) is 20.7. The zero-order valence-electron chi connectivity index (χ0n) is 20.7. The molecule has 0 aromatic heterocycles. The number of amides is 1. The highest BCUT2D eigenvalue weighted by Gasteiger charge is 2.42. The number of hydrogen-bond donors (Lipinski definition) is 1. The Morgan fingerprint density at radius 1 is 1.12 bits per heavy atom. The van der Waals surface area contributed by atoms with Gasteiger partial charge in [-0.05, 0) is 41.7 Å². The van der Waals surface area contributed by atoms with Crippen molar-refractivity contribution in [1.82, 2.24) is 4.90 Å². The van der Waals surface area contributed by atoms with E-state index in [0.717, 1.165) is 43.3 Å². The Bertz CT molecular complexity index is 961. The summed E-state index contributed by atoms with van der Waals surface area (Å²) in [5.74, 6) is 0.563. The van der Waals surface area contributed by atoms with Crippen molar-refractivity contribution in [2.45, 2.75) is 69.8 Å². The highest BCUT2D eigenvalue weighted by atomic mass is 16.7. The van der Waals surface area contributed by atoms with Crippen LogP contribution in [0.5, 0.6) is 5.75 Å². The molecule has 2 N–H and O–H groups in total. The van der Waals surface area contributed by atoms with E-state index in [-0.39, 0.29) is 11.8 Å². The smallest absolute Gasteiger partial charge is 0.213 e. The summed E-state index contributed by atoms with van der Waals surface area (Å²) in [4.78, 5) is 11.2. The first-order chi connectivity index (χ1) is 16.4. The summed E-state index contributed by atoms with van der Waals surface area (Å²) in [6, 6.07) is 16.2. The minimum absolute atomic E-state index is 0.00728. The number of carbonyl (C=O) groups is 1. The van der Waals surface area contributed by atoms with Crippen molar-refractivity contribution in [3.05, 3.63) is 53.6 Å². The number of methoxy groups -OCH3 is 1. The van der Waals surface area contributed by atoms with Gasteiger partial charge < -0.3 is 19.9 Å². The molecule has 2 aromatic rings. The van der Waals surface area contributed by atoms with Crippen LogP contribution in [0.15, 0.2) is 42.5 Å². The highest BCUT2D eigenvalue weighted by molar-refractivity contribution is 5.66. The van der Waals surface area contributed by atoms with Gasteiger partial charge in [0.2, 0.25) is 12.2 Å². The van der Waals surface area contributed by atoms with Crippen LogP contribution in [0.4, 0.5) is 0 Å². The number of likely N-dealkylation sites (tertiary alicyclic amines) is 1. The molecule has 6 heteroatoms. The van der Waals surface area contributed by atoms with Crippen molar-refractivity contribution in [3.8, 4) is 16.9 Å². The van der Waals surface area contributed by atoms with Gasteiger partial charge in [0.1, 0.15) is 5.75 Å². The maximum absolute atomic E-state index is 8.58. The van der Waals surface area contributed by atoms with Crippen molar-refractivity contribution >= 4 is 6.41 Å². The van der Waals surface area contributed by atoms with Gasteiger partial charge in [0.05, 0.1) is 13.2 Å². The van der Waals surface area contributed by atoms with E-state index in [2.05, 4.69) is 66.9 Å². The molecule has 0 unspecified atom stereocenters. The lowest BCUT2D eigenvalue weighted by Gasteiger charge is -2.47. The molecule has 0 atom stereocenters. The molecule has 0 radical (unpaired) electrons. The first-order valence-electron chi connectivity index (χ1n) is 12.3. The van der Waals surface area contributed by atoms with Crippen molar-refractivity contribution < 1.29 is 19.0 Å². The first-order valence-corrected chi connectivity index (χ1v) is 12.3. The van der Waals surface area contributed by atoms with Crippen molar-refractivity contribution in [1.29, 1.82) is 0 Å². The van der Waals surface area contributed by atoms with Crippen LogP contribution in [0, 0.1) is 0 Å². The zero-order chi connectivity index (χ0) is 24.2. The van der Waals surface area contributed by atoms with E-state index < -0.39 is 5.79 Å². The third-order valence-corrected chi connectivity index (χ3v) is 7.50. The number of ether oxygens (including phenoxy) is 3. The Morgan fingerprint density at radius 3 is 2.35 bits per heavy atom. The third kappa shape index (κ3) is 5.29. The summed E-state index contributed by atoms with van der Waals surface area (Å²) in [5, 5.41) is 0. The largest absolute Gasteiger partial charge is 0.462 e. The van der Waals surface area contributed by atoms with E-state index in [4.69, 9.17) is 19.0 Å². The minimum Gasteiger partial charge on any atom is -0.462 e. The van der Waals surface area contributed by atoms with Gasteiger partial charge in [-0.3, -0.25) is 9.69 Å². The van der Waals surface area contributed by atoms with Crippen LogP contribution >= 0.6 is 0 Å². The fraction of sp³-hybridized carbons (Fsp3) is 0.536. The number of hydrogen-bond acceptors (Lipinski definition) is 5. The summed E-state index contributed by atoms with van der Waals surface area (Å²) < 4.78 is 18.2. The van der Waals surface area contributed by atoms with Gasteiger partial charge in [-0.1, -0.05) is 50.6 Å². The van der Waals surface area contributed by atoms with E-state index in [1.807, 2.05) is 0 Å². The SMILES string of the molecule is COCC(C)(C)c1ccc(-c2ccc3c(c2)COC2(CCN(C4CCC4)CC2)O3)cc1.NC=O.